The van der Waals surface area contributed by atoms with E-state index in [0.29, 0.717) is 11.5 Å². The molecule has 0 bridgehead atoms. The fraction of sp³-hybridized carbons (Fsp3) is 0.211. The van der Waals surface area contributed by atoms with Gasteiger partial charge in [-0.05, 0) is 38.5 Å². The summed E-state index contributed by atoms with van der Waals surface area (Å²) in [5.74, 6) is 0.408. The van der Waals surface area contributed by atoms with Crippen LogP contribution in [0, 0.1) is 13.8 Å². The zero-order valence-corrected chi connectivity index (χ0v) is 14.8. The molecular weight excluding hydrogens is 330 g/mol. The Morgan fingerprint density at radius 1 is 1.27 bits per heavy atom. The number of furan rings is 1. The van der Waals surface area contributed by atoms with Crippen LogP contribution in [0.3, 0.4) is 0 Å². The lowest BCUT2D eigenvalue weighted by Crippen LogP contribution is -2.31. The van der Waals surface area contributed by atoms with Crippen molar-refractivity contribution in [3.63, 3.8) is 0 Å². The van der Waals surface area contributed by atoms with E-state index < -0.39 is 6.04 Å². The molecule has 132 valence electrons. The molecule has 1 amide bonds. The average molecular weight is 349 g/mol. The first-order valence-electron chi connectivity index (χ1n) is 8.32. The number of anilines is 2. The number of aromatic nitrogens is 3. The Labute approximate surface area is 150 Å². The second-order valence-electron chi connectivity index (χ2n) is 6.42. The summed E-state index contributed by atoms with van der Waals surface area (Å²) in [6, 6.07) is 7.37. The Bertz CT molecular complexity index is 1000. The molecular formula is C19H19N5O2. The van der Waals surface area contributed by atoms with E-state index in [1.165, 1.54) is 6.33 Å². The van der Waals surface area contributed by atoms with Gasteiger partial charge in [0.05, 0.1) is 18.1 Å². The first kappa shape index (κ1) is 16.1. The molecule has 0 unspecified atom stereocenters. The summed E-state index contributed by atoms with van der Waals surface area (Å²) in [4.78, 5) is 17.4. The number of allylic oxidation sites excluding steroid dienone is 1. The van der Waals surface area contributed by atoms with Crippen LogP contribution in [-0.2, 0) is 4.79 Å². The number of carbonyl (C=O) groups is 1. The SMILES string of the molecule is CC1=C(C(=O)Nc2ccc(C)cc2C)[C@H](c2ccoc2)n2ncnc2N1. The molecule has 1 atom stereocenters. The minimum Gasteiger partial charge on any atom is -0.472 e. The molecule has 1 aromatic carbocycles. The van der Waals surface area contributed by atoms with Crippen molar-refractivity contribution in [2.45, 2.75) is 26.8 Å². The Kier molecular flexibility index (Phi) is 3.84. The molecule has 1 aliphatic rings. The Morgan fingerprint density at radius 2 is 2.12 bits per heavy atom. The van der Waals surface area contributed by atoms with Crippen molar-refractivity contribution in [3.05, 3.63) is 71.1 Å². The topological polar surface area (TPSA) is 85.0 Å². The van der Waals surface area contributed by atoms with E-state index in [1.54, 1.807) is 17.2 Å². The predicted molar refractivity (Wildman–Crippen MR) is 97.7 cm³/mol. The van der Waals surface area contributed by atoms with Crippen LogP contribution >= 0.6 is 0 Å². The van der Waals surface area contributed by atoms with E-state index in [9.17, 15) is 4.79 Å². The highest BCUT2D eigenvalue weighted by Crippen LogP contribution is 2.35. The van der Waals surface area contributed by atoms with E-state index in [4.69, 9.17) is 4.42 Å². The summed E-state index contributed by atoms with van der Waals surface area (Å²) in [6.45, 7) is 5.87. The highest BCUT2D eigenvalue weighted by Gasteiger charge is 2.34. The average Bonchev–Trinajstić information content (AvgIpc) is 3.27. The zero-order valence-electron chi connectivity index (χ0n) is 14.8. The molecule has 0 spiro atoms. The van der Waals surface area contributed by atoms with Crippen LogP contribution in [-0.4, -0.2) is 20.7 Å². The van der Waals surface area contributed by atoms with Crippen molar-refractivity contribution in [1.82, 2.24) is 14.8 Å². The summed E-state index contributed by atoms with van der Waals surface area (Å²) in [5, 5.41) is 10.5. The molecule has 2 aromatic heterocycles. The van der Waals surface area contributed by atoms with Crippen LogP contribution in [0.1, 0.15) is 29.7 Å². The molecule has 0 aliphatic carbocycles. The predicted octanol–water partition coefficient (Wildman–Crippen LogP) is 3.42. The number of fused-ring (bicyclic) bond motifs is 1. The number of hydrogen-bond donors (Lipinski definition) is 2. The third kappa shape index (κ3) is 2.67. The molecule has 3 aromatic rings. The summed E-state index contributed by atoms with van der Waals surface area (Å²) in [5.41, 5.74) is 5.10. The van der Waals surface area contributed by atoms with Crippen LogP contribution in [0.5, 0.6) is 0 Å². The molecule has 1 aliphatic heterocycles. The molecule has 26 heavy (non-hydrogen) atoms. The van der Waals surface area contributed by atoms with Gasteiger partial charge in [-0.3, -0.25) is 4.79 Å². The van der Waals surface area contributed by atoms with E-state index in [1.807, 2.05) is 45.0 Å². The second-order valence-corrected chi connectivity index (χ2v) is 6.42. The van der Waals surface area contributed by atoms with Gasteiger partial charge in [0.15, 0.2) is 0 Å². The molecule has 0 saturated heterocycles. The summed E-state index contributed by atoms with van der Waals surface area (Å²) >= 11 is 0. The van der Waals surface area contributed by atoms with Crippen molar-refractivity contribution in [2.24, 2.45) is 0 Å². The number of nitrogens with one attached hydrogen (secondary N) is 2. The van der Waals surface area contributed by atoms with E-state index >= 15 is 0 Å². The monoisotopic (exact) mass is 349 g/mol. The van der Waals surface area contributed by atoms with Gasteiger partial charge in [0.25, 0.3) is 5.91 Å². The third-order valence-electron chi connectivity index (χ3n) is 4.53. The minimum absolute atomic E-state index is 0.186. The van der Waals surface area contributed by atoms with Gasteiger partial charge in [-0.25, -0.2) is 4.68 Å². The van der Waals surface area contributed by atoms with Crippen molar-refractivity contribution in [1.29, 1.82) is 0 Å². The molecule has 2 N–H and O–H groups in total. The summed E-state index contributed by atoms with van der Waals surface area (Å²) in [6.07, 6.45) is 4.68. The first-order valence-corrected chi connectivity index (χ1v) is 8.32. The van der Waals surface area contributed by atoms with Gasteiger partial charge in [0.2, 0.25) is 5.95 Å². The van der Waals surface area contributed by atoms with Crippen molar-refractivity contribution < 1.29 is 9.21 Å². The summed E-state index contributed by atoms with van der Waals surface area (Å²) < 4.78 is 6.93. The smallest absolute Gasteiger partial charge is 0.255 e. The van der Waals surface area contributed by atoms with Crippen molar-refractivity contribution in [3.8, 4) is 0 Å². The molecule has 4 rings (SSSR count). The molecule has 7 heteroatoms. The lowest BCUT2D eigenvalue weighted by molar-refractivity contribution is -0.113. The van der Waals surface area contributed by atoms with Gasteiger partial charge < -0.3 is 15.1 Å². The number of carbonyl (C=O) groups excluding carboxylic acids is 1. The third-order valence-corrected chi connectivity index (χ3v) is 4.53. The fourth-order valence-electron chi connectivity index (χ4n) is 3.27. The van der Waals surface area contributed by atoms with Crippen LogP contribution in [0.15, 0.2) is 58.8 Å². The minimum atomic E-state index is -0.404. The Hall–Kier alpha value is -3.35. The maximum absolute atomic E-state index is 13.2. The number of amides is 1. The Balaban J connectivity index is 1.74. The van der Waals surface area contributed by atoms with E-state index in [0.717, 1.165) is 28.1 Å². The first-order chi connectivity index (χ1) is 12.5. The molecule has 0 radical (unpaired) electrons. The largest absolute Gasteiger partial charge is 0.472 e. The van der Waals surface area contributed by atoms with Crippen molar-refractivity contribution in [2.75, 3.05) is 10.6 Å². The number of benzene rings is 1. The van der Waals surface area contributed by atoms with Crippen LogP contribution < -0.4 is 10.6 Å². The second kappa shape index (κ2) is 6.18. The number of hydrogen-bond acceptors (Lipinski definition) is 5. The summed E-state index contributed by atoms with van der Waals surface area (Å²) in [7, 11) is 0. The number of aryl methyl sites for hydroxylation is 2. The molecule has 0 fully saturated rings. The van der Waals surface area contributed by atoms with Crippen molar-refractivity contribution >= 4 is 17.5 Å². The lowest BCUT2D eigenvalue weighted by atomic mass is 9.97. The normalized spacial score (nSPS) is 16.2. The van der Waals surface area contributed by atoms with Crippen LogP contribution in [0.2, 0.25) is 0 Å². The number of rotatable bonds is 3. The number of nitrogens with zero attached hydrogens (tertiary/aromatic N) is 3. The van der Waals surface area contributed by atoms with Gasteiger partial charge in [0.1, 0.15) is 12.4 Å². The Morgan fingerprint density at radius 3 is 2.85 bits per heavy atom. The van der Waals surface area contributed by atoms with Crippen LogP contribution in [0.4, 0.5) is 11.6 Å². The zero-order chi connectivity index (χ0) is 18.3. The molecule has 3 heterocycles. The van der Waals surface area contributed by atoms with Gasteiger partial charge in [-0.15, -0.1) is 0 Å². The van der Waals surface area contributed by atoms with Gasteiger partial charge >= 0.3 is 0 Å². The van der Waals surface area contributed by atoms with Gasteiger partial charge in [0, 0.05) is 16.9 Å². The van der Waals surface area contributed by atoms with E-state index in [2.05, 4.69) is 20.7 Å². The quantitative estimate of drug-likeness (QED) is 0.757. The lowest BCUT2D eigenvalue weighted by Gasteiger charge is -2.27. The molecule has 0 saturated carbocycles. The molecule has 7 nitrogen and oxygen atoms in total. The standard InChI is InChI=1S/C19H19N5O2/c1-11-4-5-15(12(2)8-11)23-18(25)16-13(3)22-19-20-10-21-24(19)17(16)14-6-7-26-9-14/h4-10,17H,1-3H3,(H,23,25)(H,20,21,22)/t17-/m0/s1. The van der Waals surface area contributed by atoms with Crippen LogP contribution in [0.25, 0.3) is 0 Å². The van der Waals surface area contributed by atoms with E-state index in [-0.39, 0.29) is 5.91 Å². The van der Waals surface area contributed by atoms with Gasteiger partial charge in [-0.2, -0.15) is 10.1 Å². The highest BCUT2D eigenvalue weighted by atomic mass is 16.3. The van der Waals surface area contributed by atoms with Gasteiger partial charge in [-0.1, -0.05) is 17.7 Å². The maximum atomic E-state index is 13.2. The maximum Gasteiger partial charge on any atom is 0.255 e. The highest BCUT2D eigenvalue weighted by molar-refractivity contribution is 6.06. The fourth-order valence-corrected chi connectivity index (χ4v) is 3.27.